The summed E-state index contributed by atoms with van der Waals surface area (Å²) in [6.45, 7) is 0. The first-order chi connectivity index (χ1) is 14.2. The molecule has 5 rings (SSSR count). The van der Waals surface area contributed by atoms with Crippen LogP contribution in [-0.2, 0) is 5.54 Å². The number of hydrogen-bond acceptors (Lipinski definition) is 6. The van der Waals surface area contributed by atoms with Gasteiger partial charge in [-0.25, -0.2) is 4.98 Å². The second-order valence-corrected chi connectivity index (χ2v) is 7.35. The highest BCUT2D eigenvalue weighted by atomic mass is 15.3. The highest BCUT2D eigenvalue weighted by Crippen LogP contribution is 2.46. The van der Waals surface area contributed by atoms with Gasteiger partial charge in [0.25, 0.3) is 0 Å². The van der Waals surface area contributed by atoms with Crippen LogP contribution in [0, 0.1) is 28.6 Å². The molecule has 4 aromatic rings. The van der Waals surface area contributed by atoms with Crippen LogP contribution in [0.3, 0.4) is 0 Å². The van der Waals surface area contributed by atoms with Gasteiger partial charge in [0.05, 0.1) is 47.4 Å². The van der Waals surface area contributed by atoms with Crippen LogP contribution in [0.2, 0.25) is 0 Å². The van der Waals surface area contributed by atoms with E-state index in [1.165, 1.54) is 0 Å². The molecule has 1 N–H and O–H groups in total. The van der Waals surface area contributed by atoms with E-state index in [0.29, 0.717) is 25.0 Å². The summed E-state index contributed by atoms with van der Waals surface area (Å²) in [6.07, 6.45) is 8.76. The zero-order valence-electron chi connectivity index (χ0n) is 15.4. The zero-order valence-corrected chi connectivity index (χ0v) is 15.4. The molecule has 1 saturated carbocycles. The second-order valence-electron chi connectivity index (χ2n) is 7.35. The van der Waals surface area contributed by atoms with E-state index in [1.54, 1.807) is 18.6 Å². The zero-order chi connectivity index (χ0) is 19.8. The highest BCUT2D eigenvalue weighted by molar-refractivity contribution is 5.93. The molecular formula is C21H16N8. The van der Waals surface area contributed by atoms with E-state index in [-0.39, 0.29) is 5.92 Å². The van der Waals surface area contributed by atoms with Gasteiger partial charge in [-0.1, -0.05) is 0 Å². The largest absolute Gasteiger partial charge is 0.285 e. The molecule has 4 aromatic heterocycles. The minimum atomic E-state index is -0.413. The topological polar surface area (TPSA) is 120 Å². The number of rotatable bonds is 4. The van der Waals surface area contributed by atoms with Crippen LogP contribution in [-0.4, -0.2) is 29.9 Å². The van der Waals surface area contributed by atoms with Crippen molar-refractivity contribution in [1.82, 2.24) is 29.9 Å². The average molecular weight is 380 g/mol. The molecule has 0 unspecified atom stereocenters. The lowest BCUT2D eigenvalue weighted by Crippen LogP contribution is -2.46. The molecule has 0 radical (unpaired) electrons. The maximum absolute atomic E-state index is 9.29. The summed E-state index contributed by atoms with van der Waals surface area (Å²) in [5, 5.41) is 31.0. The molecule has 0 aromatic carbocycles. The number of nitrogens with zero attached hydrogens (tertiary/aromatic N) is 7. The Morgan fingerprint density at radius 2 is 2.14 bits per heavy atom. The molecule has 140 valence electrons. The van der Waals surface area contributed by atoms with Gasteiger partial charge in [0.15, 0.2) is 0 Å². The normalized spacial score (nSPS) is 20.7. The van der Waals surface area contributed by atoms with Gasteiger partial charge in [0.2, 0.25) is 0 Å². The molecule has 8 nitrogen and oxygen atoms in total. The first-order valence-electron chi connectivity index (χ1n) is 9.30. The van der Waals surface area contributed by atoms with Gasteiger partial charge < -0.3 is 0 Å². The van der Waals surface area contributed by atoms with Gasteiger partial charge in [-0.2, -0.15) is 20.7 Å². The van der Waals surface area contributed by atoms with Gasteiger partial charge in [-0.05, 0) is 37.1 Å². The van der Waals surface area contributed by atoms with Crippen molar-refractivity contribution in [3.8, 4) is 34.8 Å². The summed E-state index contributed by atoms with van der Waals surface area (Å²) >= 11 is 0. The lowest BCUT2D eigenvalue weighted by atomic mass is 9.67. The van der Waals surface area contributed by atoms with Crippen LogP contribution in [0.5, 0.6) is 0 Å². The van der Waals surface area contributed by atoms with Gasteiger partial charge in [-0.3, -0.25) is 14.8 Å². The SMILES string of the molecule is N#CC[C@]1(n2ccc(-c3nc(-c4cn[nH]c4)cc4ncccc34)n2)C[C@@H](C#N)C1. The molecule has 0 amide bonds. The Morgan fingerprint density at radius 3 is 2.90 bits per heavy atom. The summed E-state index contributed by atoms with van der Waals surface area (Å²) in [7, 11) is 0. The average Bonchev–Trinajstić information content (AvgIpc) is 3.42. The minimum Gasteiger partial charge on any atom is -0.285 e. The molecule has 4 heterocycles. The van der Waals surface area contributed by atoms with Gasteiger partial charge in [-0.15, -0.1) is 0 Å². The number of pyridine rings is 2. The Kier molecular flexibility index (Phi) is 3.85. The van der Waals surface area contributed by atoms with Crippen LogP contribution >= 0.6 is 0 Å². The molecule has 0 aliphatic heterocycles. The lowest BCUT2D eigenvalue weighted by Gasteiger charge is -2.43. The maximum Gasteiger partial charge on any atom is 0.111 e. The summed E-state index contributed by atoms with van der Waals surface area (Å²) in [5.74, 6) is -0.0245. The van der Waals surface area contributed by atoms with E-state index >= 15 is 0 Å². The molecule has 8 heteroatoms. The first-order valence-corrected chi connectivity index (χ1v) is 9.30. The fraction of sp³-hybridized carbons (Fsp3) is 0.238. The molecule has 1 aliphatic rings. The minimum absolute atomic E-state index is 0.0245. The molecule has 1 aliphatic carbocycles. The van der Waals surface area contributed by atoms with E-state index in [2.05, 4.69) is 27.3 Å². The van der Waals surface area contributed by atoms with Gasteiger partial charge in [0, 0.05) is 29.5 Å². The van der Waals surface area contributed by atoms with Crippen LogP contribution in [0.15, 0.2) is 49.1 Å². The predicted molar refractivity (Wildman–Crippen MR) is 105 cm³/mol. The Hall–Kier alpha value is -4.04. The number of hydrogen-bond donors (Lipinski definition) is 1. The van der Waals surface area contributed by atoms with Crippen molar-refractivity contribution in [3.63, 3.8) is 0 Å². The summed E-state index contributed by atoms with van der Waals surface area (Å²) in [4.78, 5) is 9.32. The number of H-pyrrole nitrogens is 1. The molecular weight excluding hydrogens is 364 g/mol. The summed E-state index contributed by atoms with van der Waals surface area (Å²) in [6, 6.07) is 12.2. The van der Waals surface area contributed by atoms with E-state index in [9.17, 15) is 5.26 Å². The maximum atomic E-state index is 9.29. The molecule has 0 spiro atoms. The van der Waals surface area contributed by atoms with Crippen LogP contribution in [0.1, 0.15) is 19.3 Å². The molecule has 29 heavy (non-hydrogen) atoms. The number of nitriles is 2. The monoisotopic (exact) mass is 380 g/mol. The van der Waals surface area contributed by atoms with Crippen molar-refractivity contribution in [2.75, 3.05) is 0 Å². The smallest absolute Gasteiger partial charge is 0.111 e. The number of nitrogens with one attached hydrogen (secondary N) is 1. The van der Waals surface area contributed by atoms with Crippen molar-refractivity contribution < 1.29 is 0 Å². The van der Waals surface area contributed by atoms with Crippen LogP contribution in [0.25, 0.3) is 33.5 Å². The molecule has 1 fully saturated rings. The van der Waals surface area contributed by atoms with Crippen molar-refractivity contribution in [2.45, 2.75) is 24.8 Å². The third kappa shape index (κ3) is 2.74. The van der Waals surface area contributed by atoms with Gasteiger partial charge >= 0.3 is 0 Å². The van der Waals surface area contributed by atoms with Crippen molar-refractivity contribution >= 4 is 10.9 Å². The molecule has 0 bridgehead atoms. The lowest BCUT2D eigenvalue weighted by molar-refractivity contribution is 0.0884. The van der Waals surface area contributed by atoms with Crippen molar-refractivity contribution in [2.24, 2.45) is 5.92 Å². The molecule has 0 saturated heterocycles. The van der Waals surface area contributed by atoms with Crippen LogP contribution < -0.4 is 0 Å². The van der Waals surface area contributed by atoms with E-state index in [1.807, 2.05) is 35.1 Å². The quantitative estimate of drug-likeness (QED) is 0.579. The van der Waals surface area contributed by atoms with Gasteiger partial charge in [0.1, 0.15) is 11.4 Å². The summed E-state index contributed by atoms with van der Waals surface area (Å²) < 4.78 is 1.84. The van der Waals surface area contributed by atoms with Crippen molar-refractivity contribution in [3.05, 3.63) is 49.1 Å². The van der Waals surface area contributed by atoms with E-state index in [0.717, 1.165) is 27.9 Å². The first kappa shape index (κ1) is 17.1. The third-order valence-corrected chi connectivity index (χ3v) is 5.55. The van der Waals surface area contributed by atoms with E-state index < -0.39 is 5.54 Å². The Morgan fingerprint density at radius 1 is 1.24 bits per heavy atom. The van der Waals surface area contributed by atoms with E-state index in [4.69, 9.17) is 15.3 Å². The fourth-order valence-corrected chi connectivity index (χ4v) is 4.03. The van der Waals surface area contributed by atoms with Crippen LogP contribution in [0.4, 0.5) is 0 Å². The predicted octanol–water partition coefficient (Wildman–Crippen LogP) is 3.43. The fourth-order valence-electron chi connectivity index (χ4n) is 4.03. The third-order valence-electron chi connectivity index (χ3n) is 5.55. The number of aromatic amines is 1. The Balaban J connectivity index is 1.62. The summed E-state index contributed by atoms with van der Waals surface area (Å²) in [5.41, 5.74) is 3.48. The number of fused-ring (bicyclic) bond motifs is 1. The standard InChI is InChI=1S/C21H16N8/c22-5-4-21(9-14(10-21)11-23)29-7-3-17(28-29)20-16-2-1-6-24-19(16)8-18(27-20)15-12-25-26-13-15/h1-3,6-8,12-14H,4,9-10H2,(H,25,26)/t14-,21+. The molecule has 0 atom stereocenters. The number of aromatic nitrogens is 6. The second kappa shape index (κ2) is 6.54. The van der Waals surface area contributed by atoms with Crippen molar-refractivity contribution in [1.29, 1.82) is 10.5 Å². The Bertz CT molecular complexity index is 1270. The highest BCUT2D eigenvalue weighted by Gasteiger charge is 2.46. The Labute approximate surface area is 166 Å².